The molecule has 1 atom stereocenters. The Morgan fingerprint density at radius 3 is 2.73 bits per heavy atom. The number of phenolic OH excluding ortho intramolecular Hbond substituents is 1. The monoisotopic (exact) mass is 389 g/mol. The van der Waals surface area contributed by atoms with Crippen molar-refractivity contribution in [2.24, 2.45) is 0 Å². The van der Waals surface area contributed by atoms with E-state index in [1.807, 2.05) is 19.1 Å². The van der Waals surface area contributed by atoms with Gasteiger partial charge in [0.05, 0.1) is 10.7 Å². The number of benzene rings is 2. The molecule has 2 aromatic heterocycles. The van der Waals surface area contributed by atoms with Crippen LogP contribution in [0, 0.1) is 5.82 Å². The van der Waals surface area contributed by atoms with E-state index in [1.54, 1.807) is 28.8 Å². The molecule has 0 saturated carbocycles. The second kappa shape index (κ2) is 6.54. The molecule has 1 unspecified atom stereocenters. The predicted molar refractivity (Wildman–Crippen MR) is 99.0 cm³/mol. The normalized spacial score (nSPS) is 12.4. The Bertz CT molecular complexity index is 1080. The highest BCUT2D eigenvalue weighted by Crippen LogP contribution is 2.30. The minimum absolute atomic E-state index is 0.0413. The van der Waals surface area contributed by atoms with Gasteiger partial charge in [-0.15, -0.1) is 15.3 Å². The predicted octanol–water partition coefficient (Wildman–Crippen LogP) is 4.58. The first-order valence-corrected chi connectivity index (χ1v) is 8.94. The van der Waals surface area contributed by atoms with E-state index in [4.69, 9.17) is 11.6 Å². The molecule has 0 fully saturated rings. The van der Waals surface area contributed by atoms with E-state index in [1.165, 1.54) is 17.4 Å². The number of aromatic nitrogens is 4. The standard InChI is InChI=1S/C17H13ClFN5OS/c1-9(10-5-7-11(25)8-6-10)15-21-22-17-24(15)23-16(26-17)20-13-4-2-3-12(18)14(13)19/h2-9,25H,1H3,(H,20,23). The van der Waals surface area contributed by atoms with Gasteiger partial charge in [-0.25, -0.2) is 4.39 Å². The van der Waals surface area contributed by atoms with Crippen molar-refractivity contribution in [3.63, 3.8) is 0 Å². The van der Waals surface area contributed by atoms with Gasteiger partial charge in [0.1, 0.15) is 5.75 Å². The average molecular weight is 390 g/mol. The molecule has 132 valence electrons. The first kappa shape index (κ1) is 16.7. The lowest BCUT2D eigenvalue weighted by molar-refractivity contribution is 0.475. The molecule has 0 bridgehead atoms. The number of halogens is 2. The van der Waals surface area contributed by atoms with E-state index in [0.717, 1.165) is 5.56 Å². The maximum atomic E-state index is 14.1. The van der Waals surface area contributed by atoms with E-state index >= 15 is 0 Å². The van der Waals surface area contributed by atoms with Gasteiger partial charge in [0.2, 0.25) is 10.1 Å². The molecule has 9 heteroatoms. The van der Waals surface area contributed by atoms with Gasteiger partial charge >= 0.3 is 0 Å². The summed E-state index contributed by atoms with van der Waals surface area (Å²) in [5.74, 6) is 0.249. The molecule has 0 aliphatic rings. The van der Waals surface area contributed by atoms with Gasteiger partial charge in [0, 0.05) is 5.92 Å². The number of nitrogens with one attached hydrogen (secondary N) is 1. The Morgan fingerprint density at radius 2 is 1.96 bits per heavy atom. The van der Waals surface area contributed by atoms with Crippen molar-refractivity contribution < 1.29 is 9.50 Å². The van der Waals surface area contributed by atoms with E-state index in [-0.39, 0.29) is 22.4 Å². The number of hydrogen-bond donors (Lipinski definition) is 2. The maximum Gasteiger partial charge on any atom is 0.236 e. The van der Waals surface area contributed by atoms with Gasteiger partial charge < -0.3 is 10.4 Å². The minimum Gasteiger partial charge on any atom is -0.508 e. The van der Waals surface area contributed by atoms with Crippen molar-refractivity contribution in [1.29, 1.82) is 0 Å². The summed E-state index contributed by atoms with van der Waals surface area (Å²) in [5.41, 5.74) is 1.22. The summed E-state index contributed by atoms with van der Waals surface area (Å²) >= 11 is 7.07. The van der Waals surface area contributed by atoms with E-state index in [2.05, 4.69) is 20.6 Å². The van der Waals surface area contributed by atoms with Crippen LogP contribution in [0.1, 0.15) is 24.2 Å². The third-order valence-electron chi connectivity index (χ3n) is 3.99. The Balaban J connectivity index is 1.66. The van der Waals surface area contributed by atoms with Crippen molar-refractivity contribution >= 4 is 38.7 Å². The van der Waals surface area contributed by atoms with Gasteiger partial charge in [-0.3, -0.25) is 0 Å². The average Bonchev–Trinajstić information content (AvgIpc) is 3.19. The molecule has 0 saturated heterocycles. The largest absolute Gasteiger partial charge is 0.508 e. The van der Waals surface area contributed by atoms with E-state index in [0.29, 0.717) is 15.9 Å². The molecule has 0 radical (unpaired) electrons. The number of nitrogens with zero attached hydrogens (tertiary/aromatic N) is 4. The summed E-state index contributed by atoms with van der Waals surface area (Å²) in [4.78, 5) is 0.593. The Morgan fingerprint density at radius 1 is 1.19 bits per heavy atom. The highest BCUT2D eigenvalue weighted by molar-refractivity contribution is 7.20. The second-order valence-corrected chi connectivity index (χ2v) is 7.06. The van der Waals surface area contributed by atoms with E-state index in [9.17, 15) is 9.50 Å². The molecule has 4 rings (SSSR count). The van der Waals surface area contributed by atoms with Crippen LogP contribution in [0.15, 0.2) is 42.5 Å². The Kier molecular flexibility index (Phi) is 4.21. The molecule has 0 spiro atoms. The van der Waals surface area contributed by atoms with Gasteiger partial charge in [0.15, 0.2) is 11.6 Å². The SMILES string of the molecule is CC(c1ccc(O)cc1)c1nnc2sc(Nc3cccc(Cl)c3F)nn12. The van der Waals surface area contributed by atoms with Crippen molar-refractivity contribution in [3.8, 4) is 5.75 Å². The number of fused-ring (bicyclic) bond motifs is 1. The summed E-state index contributed by atoms with van der Waals surface area (Å²) in [6.45, 7) is 1.98. The number of aromatic hydroxyl groups is 1. The quantitative estimate of drug-likeness (QED) is 0.534. The molecular weight excluding hydrogens is 377 g/mol. The molecule has 0 aliphatic carbocycles. The van der Waals surface area contributed by atoms with Crippen LogP contribution in [0.25, 0.3) is 4.96 Å². The molecule has 0 aliphatic heterocycles. The zero-order valence-electron chi connectivity index (χ0n) is 13.5. The molecule has 2 heterocycles. The third-order valence-corrected chi connectivity index (χ3v) is 5.09. The van der Waals surface area contributed by atoms with Crippen molar-refractivity contribution in [3.05, 3.63) is 64.7 Å². The second-order valence-electron chi connectivity index (χ2n) is 5.70. The fourth-order valence-corrected chi connectivity index (χ4v) is 3.51. The minimum atomic E-state index is -0.530. The summed E-state index contributed by atoms with van der Waals surface area (Å²) in [6, 6.07) is 11.6. The summed E-state index contributed by atoms with van der Waals surface area (Å²) < 4.78 is 15.7. The van der Waals surface area contributed by atoms with Gasteiger partial charge in [0.25, 0.3) is 0 Å². The van der Waals surface area contributed by atoms with Crippen LogP contribution in [0.2, 0.25) is 5.02 Å². The number of phenols is 1. The number of hydrogen-bond acceptors (Lipinski definition) is 6. The number of anilines is 2. The van der Waals surface area contributed by atoms with Crippen molar-refractivity contribution in [2.45, 2.75) is 12.8 Å². The fraction of sp³-hybridized carbons (Fsp3) is 0.118. The first-order valence-electron chi connectivity index (χ1n) is 7.75. The van der Waals surface area contributed by atoms with Crippen LogP contribution >= 0.6 is 22.9 Å². The number of rotatable bonds is 4. The lowest BCUT2D eigenvalue weighted by Gasteiger charge is -2.09. The van der Waals surface area contributed by atoms with Crippen LogP contribution < -0.4 is 5.32 Å². The van der Waals surface area contributed by atoms with Crippen LogP contribution in [0.3, 0.4) is 0 Å². The van der Waals surface area contributed by atoms with Gasteiger partial charge in [-0.2, -0.15) is 4.52 Å². The molecule has 2 aromatic carbocycles. The molecule has 2 N–H and O–H groups in total. The topological polar surface area (TPSA) is 75.3 Å². The van der Waals surface area contributed by atoms with Crippen molar-refractivity contribution in [2.75, 3.05) is 5.32 Å². The van der Waals surface area contributed by atoms with Gasteiger partial charge in [-0.05, 0) is 29.8 Å². The summed E-state index contributed by atoms with van der Waals surface area (Å²) in [7, 11) is 0. The molecule has 4 aromatic rings. The van der Waals surface area contributed by atoms with Crippen LogP contribution in [0.4, 0.5) is 15.2 Å². The molecule has 6 nitrogen and oxygen atoms in total. The highest BCUT2D eigenvalue weighted by Gasteiger charge is 2.19. The van der Waals surface area contributed by atoms with Crippen molar-refractivity contribution in [1.82, 2.24) is 19.8 Å². The van der Waals surface area contributed by atoms with E-state index < -0.39 is 5.82 Å². The molecule has 0 amide bonds. The zero-order valence-corrected chi connectivity index (χ0v) is 15.1. The Hall–Kier alpha value is -2.71. The lowest BCUT2D eigenvalue weighted by atomic mass is 10.0. The highest BCUT2D eigenvalue weighted by atomic mass is 35.5. The maximum absolute atomic E-state index is 14.1. The van der Waals surface area contributed by atoms with Crippen LogP contribution in [-0.2, 0) is 0 Å². The van der Waals surface area contributed by atoms with Gasteiger partial charge in [-0.1, -0.05) is 48.1 Å². The zero-order chi connectivity index (χ0) is 18.3. The summed E-state index contributed by atoms with van der Waals surface area (Å²) in [6.07, 6.45) is 0. The first-order chi connectivity index (χ1) is 12.5. The van der Waals surface area contributed by atoms with Crippen LogP contribution in [0.5, 0.6) is 5.75 Å². The smallest absolute Gasteiger partial charge is 0.236 e. The lowest BCUT2D eigenvalue weighted by Crippen LogP contribution is -2.04. The van der Waals surface area contributed by atoms with Crippen LogP contribution in [-0.4, -0.2) is 24.9 Å². The molecular formula is C17H13ClFN5OS. The molecule has 26 heavy (non-hydrogen) atoms. The summed E-state index contributed by atoms with van der Waals surface area (Å²) in [5, 5.41) is 25.7. The fourth-order valence-electron chi connectivity index (χ4n) is 2.58. The Labute approximate surface area is 156 Å². The third kappa shape index (κ3) is 2.97.